The lowest BCUT2D eigenvalue weighted by Gasteiger charge is -2.40. The molecule has 2 aliphatic rings. The smallest absolute Gasteiger partial charge is 0.230 e. The largest absolute Gasteiger partial charge is 0.378 e. The molecule has 0 radical (unpaired) electrons. The summed E-state index contributed by atoms with van der Waals surface area (Å²) in [5.41, 5.74) is 3.94. The number of carbonyl (C=O) groups excluding carboxylic acids is 2. The third kappa shape index (κ3) is 3.98. The Hall–Kier alpha value is -2.86. The molecule has 0 aliphatic carbocycles. The molecule has 2 amide bonds. The molecule has 152 valence electrons. The maximum atomic E-state index is 12.5. The fourth-order valence-electron chi connectivity index (χ4n) is 4.07. The molecule has 0 spiro atoms. The van der Waals surface area contributed by atoms with E-state index in [1.54, 1.807) is 0 Å². The molecule has 0 saturated carbocycles. The molecular weight excluding hydrogens is 364 g/mol. The normalized spacial score (nSPS) is 21.1. The van der Waals surface area contributed by atoms with Gasteiger partial charge >= 0.3 is 0 Å². The maximum absolute atomic E-state index is 12.5. The van der Waals surface area contributed by atoms with Gasteiger partial charge in [-0.2, -0.15) is 0 Å². The van der Waals surface area contributed by atoms with Crippen LogP contribution in [0.1, 0.15) is 38.3 Å². The Morgan fingerprint density at radius 1 is 1.07 bits per heavy atom. The number of hydrogen-bond donors (Lipinski definition) is 3. The molecule has 2 aromatic carbocycles. The minimum Gasteiger partial charge on any atom is -0.378 e. The number of benzene rings is 2. The standard InChI is InChI=1S/C23H28N4O2/c1-3-22(28)27-15(2)12-20(19-6-4-5-7-21(19)27)25-17-8-10-18(11-9-17)26-23(29)16-13-24-14-16/h4-11,15-16,20,24-25H,3,12-14H2,1-2H3,(H,26,29)/t15-,20+/m0/s1. The number of rotatable bonds is 5. The highest BCUT2D eigenvalue weighted by Gasteiger charge is 2.32. The van der Waals surface area contributed by atoms with Crippen LogP contribution in [0.25, 0.3) is 0 Å². The number of amides is 2. The molecule has 2 aliphatic heterocycles. The Balaban J connectivity index is 1.48. The summed E-state index contributed by atoms with van der Waals surface area (Å²) >= 11 is 0. The van der Waals surface area contributed by atoms with Crippen LogP contribution in [0, 0.1) is 5.92 Å². The lowest BCUT2D eigenvalue weighted by atomic mass is 9.91. The summed E-state index contributed by atoms with van der Waals surface area (Å²) in [4.78, 5) is 26.5. The average molecular weight is 393 g/mol. The van der Waals surface area contributed by atoms with Crippen molar-refractivity contribution in [3.63, 3.8) is 0 Å². The number of nitrogens with zero attached hydrogens (tertiary/aromatic N) is 1. The summed E-state index contributed by atoms with van der Waals surface area (Å²) in [7, 11) is 0. The quantitative estimate of drug-likeness (QED) is 0.728. The van der Waals surface area contributed by atoms with Crippen LogP contribution in [0.5, 0.6) is 0 Å². The summed E-state index contributed by atoms with van der Waals surface area (Å²) in [6.45, 7) is 5.51. The van der Waals surface area contributed by atoms with Gasteiger partial charge in [0.05, 0.1) is 12.0 Å². The van der Waals surface area contributed by atoms with Crippen LogP contribution in [0.15, 0.2) is 48.5 Å². The van der Waals surface area contributed by atoms with Crippen LogP contribution in [0.2, 0.25) is 0 Å². The Morgan fingerprint density at radius 2 is 1.76 bits per heavy atom. The number of hydrogen-bond acceptors (Lipinski definition) is 4. The molecule has 0 bridgehead atoms. The lowest BCUT2D eigenvalue weighted by molar-refractivity contribution is -0.121. The molecule has 0 aromatic heterocycles. The maximum Gasteiger partial charge on any atom is 0.230 e. The Labute approximate surface area is 171 Å². The Bertz CT molecular complexity index is 892. The molecule has 1 fully saturated rings. The van der Waals surface area contributed by atoms with Crippen LogP contribution in [-0.2, 0) is 9.59 Å². The lowest BCUT2D eigenvalue weighted by Crippen LogP contribution is -2.48. The van der Waals surface area contributed by atoms with Crippen molar-refractivity contribution >= 4 is 28.9 Å². The average Bonchev–Trinajstić information content (AvgIpc) is 2.67. The topological polar surface area (TPSA) is 73.5 Å². The summed E-state index contributed by atoms with van der Waals surface area (Å²) in [6, 6.07) is 16.2. The van der Waals surface area contributed by atoms with E-state index in [0.717, 1.165) is 42.1 Å². The minimum absolute atomic E-state index is 0.0696. The van der Waals surface area contributed by atoms with E-state index in [-0.39, 0.29) is 29.8 Å². The highest BCUT2D eigenvalue weighted by Crippen LogP contribution is 2.39. The first-order valence-electron chi connectivity index (χ1n) is 10.4. The zero-order valence-corrected chi connectivity index (χ0v) is 16.9. The molecular formula is C23H28N4O2. The SMILES string of the molecule is CCC(=O)N1c2ccccc2[C@H](Nc2ccc(NC(=O)C3CNC3)cc2)C[C@@H]1C. The fourth-order valence-corrected chi connectivity index (χ4v) is 4.07. The minimum atomic E-state index is 0.0696. The van der Waals surface area contributed by atoms with Crippen LogP contribution >= 0.6 is 0 Å². The third-order valence-electron chi connectivity index (χ3n) is 5.81. The molecule has 29 heavy (non-hydrogen) atoms. The predicted molar refractivity (Wildman–Crippen MR) is 116 cm³/mol. The van der Waals surface area contributed by atoms with Gasteiger partial charge in [-0.05, 0) is 49.2 Å². The number of nitrogens with one attached hydrogen (secondary N) is 3. The first kappa shape index (κ1) is 19.5. The van der Waals surface area contributed by atoms with Crippen molar-refractivity contribution in [1.29, 1.82) is 0 Å². The molecule has 0 unspecified atom stereocenters. The monoisotopic (exact) mass is 392 g/mol. The Kier molecular flexibility index (Phi) is 5.53. The van der Waals surface area contributed by atoms with Crippen LogP contribution in [-0.4, -0.2) is 30.9 Å². The summed E-state index contributed by atoms with van der Waals surface area (Å²) in [5, 5.41) is 9.69. The zero-order valence-electron chi connectivity index (χ0n) is 16.9. The van der Waals surface area contributed by atoms with Gasteiger partial charge in [0, 0.05) is 42.6 Å². The van der Waals surface area contributed by atoms with Crippen molar-refractivity contribution in [3.8, 4) is 0 Å². The van der Waals surface area contributed by atoms with Gasteiger partial charge in [0.2, 0.25) is 11.8 Å². The van der Waals surface area contributed by atoms with Gasteiger partial charge in [-0.1, -0.05) is 25.1 Å². The number of carbonyl (C=O) groups is 2. The third-order valence-corrected chi connectivity index (χ3v) is 5.81. The van der Waals surface area contributed by atoms with Gasteiger partial charge in [-0.25, -0.2) is 0 Å². The van der Waals surface area contributed by atoms with Gasteiger partial charge in [-0.3, -0.25) is 9.59 Å². The van der Waals surface area contributed by atoms with E-state index in [1.807, 2.05) is 54.3 Å². The molecule has 6 nitrogen and oxygen atoms in total. The van der Waals surface area contributed by atoms with E-state index in [1.165, 1.54) is 0 Å². The van der Waals surface area contributed by atoms with Crippen LogP contribution in [0.4, 0.5) is 17.1 Å². The molecule has 2 aromatic rings. The van der Waals surface area contributed by atoms with Gasteiger partial charge < -0.3 is 20.9 Å². The molecule has 2 atom stereocenters. The van der Waals surface area contributed by atoms with Crippen molar-refractivity contribution < 1.29 is 9.59 Å². The first-order chi connectivity index (χ1) is 14.1. The predicted octanol–water partition coefficient (Wildman–Crippen LogP) is 3.53. The highest BCUT2D eigenvalue weighted by atomic mass is 16.2. The number of para-hydroxylation sites is 1. The van der Waals surface area contributed by atoms with Crippen LogP contribution in [0.3, 0.4) is 0 Å². The van der Waals surface area contributed by atoms with Gasteiger partial charge in [0.1, 0.15) is 0 Å². The second kappa shape index (κ2) is 8.25. The summed E-state index contributed by atoms with van der Waals surface area (Å²) < 4.78 is 0. The van der Waals surface area contributed by atoms with Gasteiger partial charge in [-0.15, -0.1) is 0 Å². The first-order valence-corrected chi connectivity index (χ1v) is 10.4. The molecule has 4 rings (SSSR count). The van der Waals surface area contributed by atoms with Crippen LogP contribution < -0.4 is 20.9 Å². The molecule has 1 saturated heterocycles. The zero-order chi connectivity index (χ0) is 20.4. The van der Waals surface area contributed by atoms with Gasteiger partial charge in [0.25, 0.3) is 0 Å². The van der Waals surface area contributed by atoms with Crippen molar-refractivity contribution in [2.24, 2.45) is 5.92 Å². The highest BCUT2D eigenvalue weighted by molar-refractivity contribution is 5.95. The second-order valence-electron chi connectivity index (χ2n) is 7.88. The fraction of sp³-hybridized carbons (Fsp3) is 0.391. The number of anilines is 3. The Morgan fingerprint density at radius 3 is 2.41 bits per heavy atom. The summed E-state index contributed by atoms with van der Waals surface area (Å²) in [5.74, 6) is 0.298. The van der Waals surface area contributed by atoms with E-state index in [2.05, 4.69) is 28.9 Å². The van der Waals surface area contributed by atoms with E-state index in [0.29, 0.717) is 6.42 Å². The van der Waals surface area contributed by atoms with E-state index in [4.69, 9.17) is 0 Å². The van der Waals surface area contributed by atoms with E-state index >= 15 is 0 Å². The molecule has 3 N–H and O–H groups in total. The number of fused-ring (bicyclic) bond motifs is 1. The van der Waals surface area contributed by atoms with Crippen molar-refractivity contribution in [2.45, 2.75) is 38.8 Å². The van der Waals surface area contributed by atoms with Crippen molar-refractivity contribution in [1.82, 2.24) is 5.32 Å². The molecule has 2 heterocycles. The van der Waals surface area contributed by atoms with E-state index in [9.17, 15) is 9.59 Å². The molecule has 6 heteroatoms. The van der Waals surface area contributed by atoms with Crippen molar-refractivity contribution in [2.75, 3.05) is 28.6 Å². The van der Waals surface area contributed by atoms with E-state index < -0.39 is 0 Å². The van der Waals surface area contributed by atoms with Crippen molar-refractivity contribution in [3.05, 3.63) is 54.1 Å². The summed E-state index contributed by atoms with van der Waals surface area (Å²) in [6.07, 6.45) is 1.34. The van der Waals surface area contributed by atoms with Gasteiger partial charge in [0.15, 0.2) is 0 Å². The second-order valence-corrected chi connectivity index (χ2v) is 7.88.